The number of anilines is 1. The first kappa shape index (κ1) is 21.1. The van der Waals surface area contributed by atoms with E-state index in [9.17, 15) is 9.18 Å². The fourth-order valence-electron chi connectivity index (χ4n) is 4.43. The van der Waals surface area contributed by atoms with E-state index >= 15 is 0 Å². The lowest BCUT2D eigenvalue weighted by molar-refractivity contribution is 0.102. The molecule has 1 aliphatic rings. The van der Waals surface area contributed by atoms with E-state index in [1.54, 1.807) is 23.7 Å². The van der Waals surface area contributed by atoms with E-state index in [0.717, 1.165) is 43.0 Å². The minimum absolute atomic E-state index is 0.240. The first-order valence-electron chi connectivity index (χ1n) is 11.2. The summed E-state index contributed by atoms with van der Waals surface area (Å²) in [5, 5.41) is 16.3. The molecule has 0 atom stereocenters. The third-order valence-electron chi connectivity index (χ3n) is 6.08. The number of hydrogen-bond donors (Lipinski definition) is 1. The van der Waals surface area contributed by atoms with Gasteiger partial charge in [-0.25, -0.2) is 9.07 Å². The monoisotopic (exact) mass is 444 g/mol. The Kier molecular flexibility index (Phi) is 5.50. The molecule has 0 saturated heterocycles. The number of carbonyl (C=O) groups excluding carboxylic acids is 1. The van der Waals surface area contributed by atoms with Crippen LogP contribution in [-0.4, -0.2) is 30.5 Å². The minimum atomic E-state index is -0.317. The molecular formula is C25H25FN6O. The molecule has 168 valence electrons. The van der Waals surface area contributed by atoms with Crippen LogP contribution in [0.15, 0.2) is 48.5 Å². The lowest BCUT2D eigenvalue weighted by Gasteiger charge is -2.10. The molecule has 33 heavy (non-hydrogen) atoms. The Morgan fingerprint density at radius 1 is 1.03 bits per heavy atom. The SMILES string of the molecule is Cc1nn(-c2ccc(F)cc2)c(C)c1C(=O)Nc1cccc(-c2nnc3n2CCCCC3)c1. The number of halogens is 1. The number of benzene rings is 2. The van der Waals surface area contributed by atoms with Gasteiger partial charge in [-0.3, -0.25) is 4.79 Å². The quantitative estimate of drug-likeness (QED) is 0.487. The molecule has 2 aromatic heterocycles. The number of amides is 1. The highest BCUT2D eigenvalue weighted by atomic mass is 19.1. The summed E-state index contributed by atoms with van der Waals surface area (Å²) in [5.41, 5.74) is 4.09. The maximum Gasteiger partial charge on any atom is 0.259 e. The molecule has 0 spiro atoms. The van der Waals surface area contributed by atoms with Crippen molar-refractivity contribution in [3.63, 3.8) is 0 Å². The molecule has 0 saturated carbocycles. The highest BCUT2D eigenvalue weighted by molar-refractivity contribution is 6.06. The second-order valence-corrected chi connectivity index (χ2v) is 8.37. The zero-order valence-corrected chi connectivity index (χ0v) is 18.7. The Morgan fingerprint density at radius 2 is 1.85 bits per heavy atom. The predicted octanol–water partition coefficient (Wildman–Crippen LogP) is 4.87. The first-order chi connectivity index (χ1) is 16.0. The highest BCUT2D eigenvalue weighted by Crippen LogP contribution is 2.26. The summed E-state index contributed by atoms with van der Waals surface area (Å²) < 4.78 is 17.1. The van der Waals surface area contributed by atoms with Crippen LogP contribution in [-0.2, 0) is 13.0 Å². The van der Waals surface area contributed by atoms with Gasteiger partial charge < -0.3 is 9.88 Å². The molecule has 1 amide bonds. The van der Waals surface area contributed by atoms with Crippen molar-refractivity contribution in [3.8, 4) is 17.1 Å². The molecule has 1 aliphatic heterocycles. The first-order valence-corrected chi connectivity index (χ1v) is 11.2. The molecule has 0 unspecified atom stereocenters. The van der Waals surface area contributed by atoms with Gasteiger partial charge in [0.15, 0.2) is 5.82 Å². The molecule has 2 aromatic carbocycles. The van der Waals surface area contributed by atoms with Crippen LogP contribution >= 0.6 is 0 Å². The Balaban J connectivity index is 1.42. The summed E-state index contributed by atoms with van der Waals surface area (Å²) in [6.07, 6.45) is 4.40. The van der Waals surface area contributed by atoms with Crippen LogP contribution in [0.5, 0.6) is 0 Å². The summed E-state index contributed by atoms with van der Waals surface area (Å²) in [4.78, 5) is 13.2. The zero-order chi connectivity index (χ0) is 22.9. The molecule has 0 fully saturated rings. The van der Waals surface area contributed by atoms with Gasteiger partial charge in [0.1, 0.15) is 11.6 Å². The van der Waals surface area contributed by atoms with E-state index in [4.69, 9.17) is 0 Å². The van der Waals surface area contributed by atoms with Crippen LogP contribution in [0, 0.1) is 19.7 Å². The van der Waals surface area contributed by atoms with Crippen molar-refractivity contribution in [3.05, 3.63) is 77.1 Å². The van der Waals surface area contributed by atoms with E-state index in [0.29, 0.717) is 28.3 Å². The third kappa shape index (κ3) is 4.04. The molecule has 8 heteroatoms. The van der Waals surface area contributed by atoms with E-state index in [1.807, 2.05) is 31.2 Å². The van der Waals surface area contributed by atoms with Crippen molar-refractivity contribution >= 4 is 11.6 Å². The van der Waals surface area contributed by atoms with Crippen LogP contribution in [0.2, 0.25) is 0 Å². The predicted molar refractivity (Wildman–Crippen MR) is 124 cm³/mol. The topological polar surface area (TPSA) is 77.6 Å². The summed E-state index contributed by atoms with van der Waals surface area (Å²) in [6.45, 7) is 4.54. The number of nitrogens with one attached hydrogen (secondary N) is 1. The smallest absolute Gasteiger partial charge is 0.259 e. The van der Waals surface area contributed by atoms with E-state index < -0.39 is 0 Å². The number of fused-ring (bicyclic) bond motifs is 1. The van der Waals surface area contributed by atoms with Gasteiger partial charge in [0.05, 0.1) is 22.6 Å². The van der Waals surface area contributed by atoms with Gasteiger partial charge in [-0.1, -0.05) is 18.6 Å². The summed E-state index contributed by atoms with van der Waals surface area (Å²) in [7, 11) is 0. The van der Waals surface area contributed by atoms with E-state index in [2.05, 4.69) is 25.2 Å². The zero-order valence-electron chi connectivity index (χ0n) is 18.7. The fourth-order valence-corrected chi connectivity index (χ4v) is 4.43. The van der Waals surface area contributed by atoms with Gasteiger partial charge in [0, 0.05) is 24.2 Å². The van der Waals surface area contributed by atoms with Crippen molar-refractivity contribution in [2.24, 2.45) is 0 Å². The fraction of sp³-hybridized carbons (Fsp3) is 0.280. The largest absolute Gasteiger partial charge is 0.322 e. The molecular weight excluding hydrogens is 419 g/mol. The summed E-state index contributed by atoms with van der Waals surface area (Å²) in [6, 6.07) is 13.7. The Labute approximate surface area is 191 Å². The molecule has 7 nitrogen and oxygen atoms in total. The average molecular weight is 445 g/mol. The Hall–Kier alpha value is -3.81. The molecule has 1 N–H and O–H groups in total. The number of hydrogen-bond acceptors (Lipinski definition) is 4. The van der Waals surface area contributed by atoms with Crippen molar-refractivity contribution in [2.75, 3.05) is 5.32 Å². The lowest BCUT2D eigenvalue weighted by atomic mass is 10.1. The lowest BCUT2D eigenvalue weighted by Crippen LogP contribution is -2.14. The van der Waals surface area contributed by atoms with Crippen molar-refractivity contribution in [1.29, 1.82) is 0 Å². The van der Waals surface area contributed by atoms with Crippen molar-refractivity contribution in [2.45, 2.75) is 46.1 Å². The summed E-state index contributed by atoms with van der Waals surface area (Å²) in [5.74, 6) is 1.30. The summed E-state index contributed by atoms with van der Waals surface area (Å²) >= 11 is 0. The van der Waals surface area contributed by atoms with Crippen molar-refractivity contribution in [1.82, 2.24) is 24.5 Å². The van der Waals surface area contributed by atoms with Crippen LogP contribution in [0.25, 0.3) is 17.1 Å². The normalized spacial score (nSPS) is 13.4. The van der Waals surface area contributed by atoms with Gasteiger partial charge in [-0.05, 0) is 63.1 Å². The number of carbonyl (C=O) groups is 1. The molecule has 4 aromatic rings. The van der Waals surface area contributed by atoms with Gasteiger partial charge in [-0.15, -0.1) is 10.2 Å². The number of aromatic nitrogens is 5. The molecule has 0 bridgehead atoms. The third-order valence-corrected chi connectivity index (χ3v) is 6.08. The second-order valence-electron chi connectivity index (χ2n) is 8.37. The molecule has 3 heterocycles. The van der Waals surface area contributed by atoms with Crippen LogP contribution in [0.4, 0.5) is 10.1 Å². The van der Waals surface area contributed by atoms with E-state index in [1.165, 1.54) is 18.6 Å². The van der Waals surface area contributed by atoms with Gasteiger partial charge in [0.2, 0.25) is 0 Å². The van der Waals surface area contributed by atoms with E-state index in [-0.39, 0.29) is 11.7 Å². The molecule has 5 rings (SSSR count). The Bertz CT molecular complexity index is 1320. The standard InChI is InChI=1S/C25H25FN6O/c1-16-23(17(2)32(30-16)21-12-10-19(26)11-13-21)25(33)27-20-8-6-7-18(15-20)24-29-28-22-9-4-3-5-14-31(22)24/h6-8,10-13,15H,3-5,9,14H2,1-2H3,(H,27,33). The minimum Gasteiger partial charge on any atom is -0.322 e. The van der Waals surface area contributed by atoms with Crippen LogP contribution in [0.3, 0.4) is 0 Å². The van der Waals surface area contributed by atoms with Gasteiger partial charge in [-0.2, -0.15) is 5.10 Å². The maximum absolute atomic E-state index is 13.3. The Morgan fingerprint density at radius 3 is 2.67 bits per heavy atom. The molecule has 0 radical (unpaired) electrons. The number of aryl methyl sites for hydroxylation is 2. The second kappa shape index (κ2) is 8.61. The maximum atomic E-state index is 13.3. The number of nitrogens with zero attached hydrogens (tertiary/aromatic N) is 5. The highest BCUT2D eigenvalue weighted by Gasteiger charge is 2.21. The van der Waals surface area contributed by atoms with Gasteiger partial charge in [0.25, 0.3) is 5.91 Å². The van der Waals surface area contributed by atoms with Gasteiger partial charge >= 0.3 is 0 Å². The van der Waals surface area contributed by atoms with Crippen molar-refractivity contribution < 1.29 is 9.18 Å². The van der Waals surface area contributed by atoms with Crippen LogP contribution < -0.4 is 5.32 Å². The van der Waals surface area contributed by atoms with Crippen LogP contribution in [0.1, 0.15) is 46.8 Å². The number of rotatable bonds is 4. The average Bonchev–Trinajstić information content (AvgIpc) is 3.24. The molecule has 0 aliphatic carbocycles.